The zero-order chi connectivity index (χ0) is 11.5. The lowest BCUT2D eigenvalue weighted by molar-refractivity contribution is 0.163. The van der Waals surface area contributed by atoms with Gasteiger partial charge in [-0.2, -0.15) is 15.1 Å². The molecule has 0 fully saturated rings. The normalized spacial score (nSPS) is 11.0. The zero-order valence-corrected chi connectivity index (χ0v) is 8.04. The number of nitrogens with two attached hydrogens (primary N) is 1. The van der Waals surface area contributed by atoms with Crippen LogP contribution in [0.3, 0.4) is 0 Å². The summed E-state index contributed by atoms with van der Waals surface area (Å²) in [6.45, 7) is -0.499. The molecule has 0 saturated carbocycles. The lowest BCUT2D eigenvalue weighted by Gasteiger charge is -2.07. The molecular formula is C7H9F2N7. The second-order valence-corrected chi connectivity index (χ2v) is 2.94. The first-order valence-electron chi connectivity index (χ1n) is 4.40. The predicted molar refractivity (Wildman–Crippen MR) is 54.0 cm³/mol. The van der Waals surface area contributed by atoms with Crippen LogP contribution in [0.4, 0.5) is 20.5 Å². The average molecular weight is 229 g/mol. The summed E-state index contributed by atoms with van der Waals surface area (Å²) in [5.41, 5.74) is 2.66. The first-order valence-corrected chi connectivity index (χ1v) is 4.40. The van der Waals surface area contributed by atoms with Gasteiger partial charge in [-0.05, 0) is 0 Å². The molecule has 2 rings (SSSR count). The van der Waals surface area contributed by atoms with Crippen molar-refractivity contribution >= 4 is 22.8 Å². The van der Waals surface area contributed by atoms with Crippen LogP contribution in [0.5, 0.6) is 0 Å². The SMILES string of the molecule is NNc1nc(NCC(F)F)c2cn[nH]c2n1. The van der Waals surface area contributed by atoms with E-state index in [0.29, 0.717) is 11.0 Å². The highest BCUT2D eigenvalue weighted by atomic mass is 19.3. The third-order valence-electron chi connectivity index (χ3n) is 1.86. The quantitative estimate of drug-likeness (QED) is 0.444. The van der Waals surface area contributed by atoms with E-state index in [-0.39, 0.29) is 11.8 Å². The molecule has 2 aromatic rings. The third kappa shape index (κ3) is 1.98. The number of anilines is 2. The summed E-state index contributed by atoms with van der Waals surface area (Å²) in [6, 6.07) is 0. The van der Waals surface area contributed by atoms with Crippen LogP contribution >= 0.6 is 0 Å². The number of nitrogen functional groups attached to an aromatic ring is 1. The van der Waals surface area contributed by atoms with Crippen LogP contribution < -0.4 is 16.6 Å². The van der Waals surface area contributed by atoms with Gasteiger partial charge in [0, 0.05) is 0 Å². The molecule has 0 aliphatic carbocycles. The largest absolute Gasteiger partial charge is 0.364 e. The van der Waals surface area contributed by atoms with Gasteiger partial charge in [0.15, 0.2) is 5.65 Å². The minimum absolute atomic E-state index is 0.119. The molecule has 0 aliphatic heterocycles. The Morgan fingerprint density at radius 2 is 2.25 bits per heavy atom. The van der Waals surface area contributed by atoms with Crippen LogP contribution in [0.15, 0.2) is 6.20 Å². The molecule has 9 heteroatoms. The van der Waals surface area contributed by atoms with Gasteiger partial charge in [0.1, 0.15) is 5.82 Å². The summed E-state index contributed by atoms with van der Waals surface area (Å²) in [7, 11) is 0. The summed E-state index contributed by atoms with van der Waals surface area (Å²) in [6.07, 6.45) is -1.02. The Labute approximate surface area is 88.4 Å². The van der Waals surface area contributed by atoms with Crippen molar-refractivity contribution in [3.63, 3.8) is 0 Å². The molecule has 7 nitrogen and oxygen atoms in total. The van der Waals surface area contributed by atoms with Gasteiger partial charge in [-0.15, -0.1) is 0 Å². The average Bonchev–Trinajstić information content (AvgIpc) is 2.73. The number of H-pyrrole nitrogens is 1. The molecule has 16 heavy (non-hydrogen) atoms. The van der Waals surface area contributed by atoms with Crippen molar-refractivity contribution in [1.82, 2.24) is 20.2 Å². The number of nitrogens with one attached hydrogen (secondary N) is 3. The molecule has 86 valence electrons. The first-order chi connectivity index (χ1) is 7.70. The van der Waals surface area contributed by atoms with Gasteiger partial charge in [-0.25, -0.2) is 14.6 Å². The Morgan fingerprint density at radius 1 is 1.44 bits per heavy atom. The second-order valence-electron chi connectivity index (χ2n) is 2.94. The first kappa shape index (κ1) is 10.5. The summed E-state index contributed by atoms with van der Waals surface area (Å²) in [5, 5.41) is 9.36. The van der Waals surface area contributed by atoms with Gasteiger partial charge in [-0.3, -0.25) is 10.5 Å². The van der Waals surface area contributed by atoms with Crippen molar-refractivity contribution in [1.29, 1.82) is 0 Å². The van der Waals surface area contributed by atoms with Crippen LogP contribution in [-0.4, -0.2) is 33.1 Å². The van der Waals surface area contributed by atoms with Crippen LogP contribution in [0, 0.1) is 0 Å². The number of alkyl halides is 2. The fraction of sp³-hybridized carbons (Fsp3) is 0.286. The fourth-order valence-electron chi connectivity index (χ4n) is 1.21. The third-order valence-corrected chi connectivity index (χ3v) is 1.86. The molecule has 2 heterocycles. The number of hydrazine groups is 1. The maximum atomic E-state index is 12.1. The number of fused-ring (bicyclic) bond motifs is 1. The second kappa shape index (κ2) is 4.23. The van der Waals surface area contributed by atoms with Crippen LogP contribution in [0.2, 0.25) is 0 Å². The Hall–Kier alpha value is -2.03. The fourth-order valence-corrected chi connectivity index (χ4v) is 1.21. The minimum atomic E-state index is -2.47. The zero-order valence-electron chi connectivity index (χ0n) is 8.04. The monoisotopic (exact) mass is 229 g/mol. The minimum Gasteiger partial charge on any atom is -0.364 e. The Balaban J connectivity index is 2.36. The van der Waals surface area contributed by atoms with E-state index in [9.17, 15) is 8.78 Å². The van der Waals surface area contributed by atoms with E-state index >= 15 is 0 Å². The van der Waals surface area contributed by atoms with Crippen molar-refractivity contribution in [3.8, 4) is 0 Å². The van der Waals surface area contributed by atoms with Gasteiger partial charge in [0.05, 0.1) is 18.1 Å². The lowest BCUT2D eigenvalue weighted by Crippen LogP contribution is -2.15. The van der Waals surface area contributed by atoms with E-state index in [4.69, 9.17) is 5.84 Å². The van der Waals surface area contributed by atoms with Gasteiger partial charge < -0.3 is 5.32 Å². The highest BCUT2D eigenvalue weighted by Crippen LogP contribution is 2.19. The van der Waals surface area contributed by atoms with Crippen LogP contribution in [0.25, 0.3) is 11.0 Å². The molecule has 0 aromatic carbocycles. The molecular weight excluding hydrogens is 220 g/mol. The van der Waals surface area contributed by atoms with Crippen molar-refractivity contribution in [2.45, 2.75) is 6.43 Å². The molecule has 0 unspecified atom stereocenters. The maximum Gasteiger partial charge on any atom is 0.255 e. The molecule has 0 spiro atoms. The van der Waals surface area contributed by atoms with Crippen molar-refractivity contribution in [2.75, 3.05) is 17.3 Å². The van der Waals surface area contributed by atoms with Gasteiger partial charge in [-0.1, -0.05) is 0 Å². The van der Waals surface area contributed by atoms with E-state index in [1.807, 2.05) is 0 Å². The van der Waals surface area contributed by atoms with E-state index < -0.39 is 13.0 Å². The number of aromatic amines is 1. The van der Waals surface area contributed by atoms with Gasteiger partial charge in [0.25, 0.3) is 6.43 Å². The number of halogens is 2. The molecule has 2 aromatic heterocycles. The Kier molecular flexibility index (Phi) is 2.77. The van der Waals surface area contributed by atoms with Crippen molar-refractivity contribution in [3.05, 3.63) is 6.20 Å². The molecule has 0 bridgehead atoms. The Morgan fingerprint density at radius 3 is 2.94 bits per heavy atom. The summed E-state index contributed by atoms with van der Waals surface area (Å²) in [5.74, 6) is 5.52. The van der Waals surface area contributed by atoms with E-state index in [1.165, 1.54) is 6.20 Å². The number of nitrogens with zero attached hydrogens (tertiary/aromatic N) is 3. The molecule has 0 amide bonds. The number of aromatic nitrogens is 4. The highest BCUT2D eigenvalue weighted by molar-refractivity contribution is 5.86. The predicted octanol–water partition coefficient (Wildman–Crippen LogP) is 0.315. The van der Waals surface area contributed by atoms with Crippen molar-refractivity contribution in [2.24, 2.45) is 5.84 Å². The van der Waals surface area contributed by atoms with Crippen LogP contribution in [-0.2, 0) is 0 Å². The summed E-state index contributed by atoms with van der Waals surface area (Å²) >= 11 is 0. The van der Waals surface area contributed by atoms with Crippen LogP contribution in [0.1, 0.15) is 0 Å². The molecule has 0 saturated heterocycles. The van der Waals surface area contributed by atoms with E-state index in [1.54, 1.807) is 0 Å². The van der Waals surface area contributed by atoms with Gasteiger partial charge >= 0.3 is 0 Å². The topological polar surface area (TPSA) is 105 Å². The smallest absolute Gasteiger partial charge is 0.255 e. The van der Waals surface area contributed by atoms with E-state index in [0.717, 1.165) is 0 Å². The number of hydrogen-bond acceptors (Lipinski definition) is 6. The summed E-state index contributed by atoms with van der Waals surface area (Å²) < 4.78 is 24.1. The molecule has 0 aliphatic rings. The Bertz CT molecular complexity index is 483. The van der Waals surface area contributed by atoms with Gasteiger partial charge in [0.2, 0.25) is 5.95 Å². The highest BCUT2D eigenvalue weighted by Gasteiger charge is 2.10. The number of hydrogen-bond donors (Lipinski definition) is 4. The molecule has 5 N–H and O–H groups in total. The maximum absolute atomic E-state index is 12.1. The number of rotatable bonds is 4. The lowest BCUT2D eigenvalue weighted by atomic mass is 10.4. The van der Waals surface area contributed by atoms with Crippen molar-refractivity contribution < 1.29 is 8.78 Å². The molecule has 0 atom stereocenters. The van der Waals surface area contributed by atoms with E-state index in [2.05, 4.69) is 30.9 Å². The molecule has 0 radical (unpaired) electrons. The standard InChI is InChI=1S/C7H9F2N7/c8-4(9)2-11-5-3-1-12-16-6(3)14-7(13-5)15-10/h1,4H,2,10H2,(H3,11,12,13,14,15,16). The summed E-state index contributed by atoms with van der Waals surface area (Å²) in [4.78, 5) is 7.86.